The molecule has 0 aromatic heterocycles. The number of hydrogen-bond donors (Lipinski definition) is 1. The zero-order valence-corrected chi connectivity index (χ0v) is 13.0. The van der Waals surface area contributed by atoms with Crippen molar-refractivity contribution < 1.29 is 9.47 Å². The Morgan fingerprint density at radius 1 is 1.42 bits per heavy atom. The number of methoxy groups -OCH3 is 1. The molecule has 19 heavy (non-hydrogen) atoms. The van der Waals surface area contributed by atoms with Gasteiger partial charge >= 0.3 is 0 Å². The molecule has 0 atom stereocenters. The van der Waals surface area contributed by atoms with Gasteiger partial charge in [0.1, 0.15) is 6.61 Å². The van der Waals surface area contributed by atoms with E-state index in [1.54, 1.807) is 7.11 Å². The van der Waals surface area contributed by atoms with Gasteiger partial charge in [0.05, 0.1) is 11.6 Å². The molecule has 0 saturated heterocycles. The summed E-state index contributed by atoms with van der Waals surface area (Å²) in [6.45, 7) is 3.39. The largest absolute Gasteiger partial charge is 0.493 e. The summed E-state index contributed by atoms with van der Waals surface area (Å²) in [7, 11) is 1.67. The van der Waals surface area contributed by atoms with Crippen LogP contribution in [-0.2, 0) is 6.54 Å². The van der Waals surface area contributed by atoms with Gasteiger partial charge in [0.25, 0.3) is 0 Å². The molecule has 0 heterocycles. The van der Waals surface area contributed by atoms with Gasteiger partial charge in [0, 0.05) is 12.6 Å². The number of hydrogen-bond acceptors (Lipinski definition) is 3. The van der Waals surface area contributed by atoms with Gasteiger partial charge in [-0.2, -0.15) is 0 Å². The smallest absolute Gasteiger partial charge is 0.175 e. The fourth-order valence-electron chi connectivity index (χ4n) is 1.79. The summed E-state index contributed by atoms with van der Waals surface area (Å²) in [6.07, 6.45) is 6.52. The lowest BCUT2D eigenvalue weighted by atomic mass is 10.2. The topological polar surface area (TPSA) is 30.5 Å². The summed E-state index contributed by atoms with van der Waals surface area (Å²) in [5.41, 5.74) is 1.20. The van der Waals surface area contributed by atoms with Crippen molar-refractivity contribution in [2.45, 2.75) is 32.4 Å². The minimum absolute atomic E-state index is 0.547. The zero-order chi connectivity index (χ0) is 13.7. The first-order valence-corrected chi connectivity index (χ1v) is 7.37. The zero-order valence-electron chi connectivity index (χ0n) is 11.4. The molecule has 1 aliphatic carbocycles. The Balaban J connectivity index is 2.08. The molecule has 1 saturated carbocycles. The van der Waals surface area contributed by atoms with Crippen molar-refractivity contribution in [2.24, 2.45) is 0 Å². The second-order valence-corrected chi connectivity index (χ2v) is 5.50. The van der Waals surface area contributed by atoms with Crippen molar-refractivity contribution in [3.63, 3.8) is 0 Å². The molecule has 3 nitrogen and oxygen atoms in total. The van der Waals surface area contributed by atoms with Crippen LogP contribution in [0.2, 0.25) is 0 Å². The SMILES string of the molecule is C/C=C/COc1c(Br)cc(CNC2CC2)cc1OC. The lowest BCUT2D eigenvalue weighted by molar-refractivity contribution is 0.324. The fraction of sp³-hybridized carbons (Fsp3) is 0.467. The number of nitrogens with one attached hydrogen (secondary N) is 1. The van der Waals surface area contributed by atoms with Gasteiger partial charge in [-0.3, -0.25) is 0 Å². The van der Waals surface area contributed by atoms with E-state index in [4.69, 9.17) is 9.47 Å². The molecule has 0 aliphatic heterocycles. The highest BCUT2D eigenvalue weighted by Crippen LogP contribution is 2.36. The number of halogens is 1. The first-order valence-electron chi connectivity index (χ1n) is 6.58. The van der Waals surface area contributed by atoms with Gasteiger partial charge < -0.3 is 14.8 Å². The maximum Gasteiger partial charge on any atom is 0.175 e. The lowest BCUT2D eigenvalue weighted by Gasteiger charge is -2.13. The van der Waals surface area contributed by atoms with Crippen LogP contribution in [0.25, 0.3) is 0 Å². The Kier molecular flexibility index (Phi) is 5.28. The van der Waals surface area contributed by atoms with Gasteiger partial charge in [-0.1, -0.05) is 12.2 Å². The average molecular weight is 326 g/mol. The second-order valence-electron chi connectivity index (χ2n) is 4.64. The molecule has 4 heteroatoms. The highest BCUT2D eigenvalue weighted by atomic mass is 79.9. The molecule has 1 N–H and O–H groups in total. The van der Waals surface area contributed by atoms with Gasteiger partial charge in [0.15, 0.2) is 11.5 Å². The molecule has 0 radical (unpaired) electrons. The van der Waals surface area contributed by atoms with E-state index in [2.05, 4.69) is 27.3 Å². The Morgan fingerprint density at radius 3 is 2.84 bits per heavy atom. The maximum absolute atomic E-state index is 5.71. The molecular formula is C15H20BrNO2. The summed E-state index contributed by atoms with van der Waals surface area (Å²) in [6, 6.07) is 4.82. The highest BCUT2D eigenvalue weighted by molar-refractivity contribution is 9.10. The molecule has 104 valence electrons. The molecule has 1 aliphatic rings. The van der Waals surface area contributed by atoms with E-state index in [9.17, 15) is 0 Å². The maximum atomic E-state index is 5.71. The molecule has 0 amide bonds. The number of allylic oxidation sites excluding steroid dienone is 1. The van der Waals surface area contributed by atoms with Crippen molar-refractivity contribution in [3.05, 3.63) is 34.3 Å². The van der Waals surface area contributed by atoms with E-state index >= 15 is 0 Å². The van der Waals surface area contributed by atoms with Gasteiger partial charge in [-0.25, -0.2) is 0 Å². The normalized spacial score (nSPS) is 14.9. The summed E-state index contributed by atoms with van der Waals surface area (Å²) < 4.78 is 12.1. The van der Waals surface area contributed by atoms with Crippen LogP contribution >= 0.6 is 15.9 Å². The first kappa shape index (κ1) is 14.4. The highest BCUT2D eigenvalue weighted by Gasteiger charge is 2.20. The van der Waals surface area contributed by atoms with Gasteiger partial charge in [0.2, 0.25) is 0 Å². The Bertz CT molecular complexity index is 456. The minimum atomic E-state index is 0.547. The Morgan fingerprint density at radius 2 is 2.21 bits per heavy atom. The quantitative estimate of drug-likeness (QED) is 0.776. The third-order valence-corrected chi connectivity index (χ3v) is 3.61. The average Bonchev–Trinajstić information content (AvgIpc) is 3.22. The van der Waals surface area contributed by atoms with Crippen LogP contribution < -0.4 is 14.8 Å². The van der Waals surface area contributed by atoms with Crippen molar-refractivity contribution in [3.8, 4) is 11.5 Å². The van der Waals surface area contributed by atoms with Crippen molar-refractivity contribution >= 4 is 15.9 Å². The van der Waals surface area contributed by atoms with Crippen LogP contribution in [0.15, 0.2) is 28.8 Å². The molecule has 0 spiro atoms. The molecule has 0 unspecified atom stereocenters. The van der Waals surface area contributed by atoms with Crippen LogP contribution in [0, 0.1) is 0 Å². The molecule has 1 aromatic carbocycles. The predicted molar refractivity (Wildman–Crippen MR) is 80.9 cm³/mol. The van der Waals surface area contributed by atoms with Crippen LogP contribution in [0.3, 0.4) is 0 Å². The van der Waals surface area contributed by atoms with Crippen LogP contribution in [0.1, 0.15) is 25.3 Å². The van der Waals surface area contributed by atoms with Gasteiger partial charge in [-0.05, 0) is 53.4 Å². The van der Waals surface area contributed by atoms with E-state index in [0.717, 1.165) is 22.5 Å². The van der Waals surface area contributed by atoms with E-state index in [0.29, 0.717) is 12.6 Å². The molecule has 0 bridgehead atoms. The van der Waals surface area contributed by atoms with Crippen molar-refractivity contribution in [2.75, 3.05) is 13.7 Å². The van der Waals surface area contributed by atoms with Gasteiger partial charge in [-0.15, -0.1) is 0 Å². The molecular weight excluding hydrogens is 306 g/mol. The monoisotopic (exact) mass is 325 g/mol. The number of benzene rings is 1. The third kappa shape index (κ3) is 4.25. The number of rotatable bonds is 7. The lowest BCUT2D eigenvalue weighted by Crippen LogP contribution is -2.15. The summed E-state index contributed by atoms with van der Waals surface area (Å²) >= 11 is 3.56. The molecule has 1 aromatic rings. The van der Waals surface area contributed by atoms with Crippen molar-refractivity contribution in [1.82, 2.24) is 5.32 Å². The second kappa shape index (κ2) is 6.96. The molecule has 2 rings (SSSR count). The van der Waals surface area contributed by atoms with E-state index < -0.39 is 0 Å². The summed E-state index contributed by atoms with van der Waals surface area (Å²) in [4.78, 5) is 0. The Hall–Kier alpha value is -1.00. The third-order valence-electron chi connectivity index (χ3n) is 3.02. The van der Waals surface area contributed by atoms with E-state index in [1.165, 1.54) is 18.4 Å². The van der Waals surface area contributed by atoms with E-state index in [-0.39, 0.29) is 0 Å². The molecule has 1 fully saturated rings. The van der Waals surface area contributed by atoms with Crippen LogP contribution in [0.4, 0.5) is 0 Å². The standard InChI is InChI=1S/C15H20BrNO2/c1-3-4-7-19-15-13(16)8-11(9-14(15)18-2)10-17-12-5-6-12/h3-4,8-9,12,17H,5-7,10H2,1-2H3/b4-3+. The van der Waals surface area contributed by atoms with Crippen molar-refractivity contribution in [1.29, 1.82) is 0 Å². The van der Waals surface area contributed by atoms with Crippen LogP contribution in [-0.4, -0.2) is 19.8 Å². The van der Waals surface area contributed by atoms with E-state index in [1.807, 2.05) is 25.1 Å². The number of ether oxygens (including phenoxy) is 2. The van der Waals surface area contributed by atoms with Crippen LogP contribution in [0.5, 0.6) is 11.5 Å². The fourth-order valence-corrected chi connectivity index (χ4v) is 2.40. The Labute approximate surface area is 123 Å². The summed E-state index contributed by atoms with van der Waals surface area (Å²) in [5.74, 6) is 1.53. The first-order chi connectivity index (χ1) is 9.24. The minimum Gasteiger partial charge on any atom is -0.493 e. The summed E-state index contributed by atoms with van der Waals surface area (Å²) in [5, 5.41) is 3.49. The predicted octanol–water partition coefficient (Wildman–Crippen LogP) is 3.66.